The van der Waals surface area contributed by atoms with Gasteiger partial charge in [-0.2, -0.15) is 0 Å². The molecule has 0 bridgehead atoms. The van der Waals surface area contributed by atoms with Gasteiger partial charge in [-0.05, 0) is 37.7 Å². The predicted molar refractivity (Wildman–Crippen MR) is 93.0 cm³/mol. The summed E-state index contributed by atoms with van der Waals surface area (Å²) in [5, 5.41) is 5.51. The molecule has 3 nitrogen and oxygen atoms in total. The van der Waals surface area contributed by atoms with Gasteiger partial charge in [0, 0.05) is 11.4 Å². The third kappa shape index (κ3) is 5.37. The number of carbonyl (C=O) groups is 1. The first kappa shape index (κ1) is 17.5. The molecule has 23 heavy (non-hydrogen) atoms. The van der Waals surface area contributed by atoms with Crippen molar-refractivity contribution < 1.29 is 9.18 Å². The Hall–Kier alpha value is -1.85. The lowest BCUT2D eigenvalue weighted by atomic mass is 10.1. The maximum atomic E-state index is 13.9. The zero-order valence-corrected chi connectivity index (χ0v) is 13.9. The van der Waals surface area contributed by atoms with Crippen molar-refractivity contribution in [3.05, 3.63) is 66.0 Å². The average Bonchev–Trinajstić information content (AvgIpc) is 2.58. The van der Waals surface area contributed by atoms with Gasteiger partial charge in [-0.1, -0.05) is 42.5 Å². The molecule has 0 heterocycles. The molecule has 0 aliphatic carbocycles. The summed E-state index contributed by atoms with van der Waals surface area (Å²) in [6.07, 6.45) is 0.855. The molecule has 2 rings (SSSR count). The number of hydrogen-bond donors (Lipinski definition) is 2. The molecule has 5 heteroatoms. The fourth-order valence-electron chi connectivity index (χ4n) is 2.14. The molecule has 1 unspecified atom stereocenters. The molecule has 0 fully saturated rings. The van der Waals surface area contributed by atoms with E-state index in [1.54, 1.807) is 18.2 Å². The third-order valence-electron chi connectivity index (χ3n) is 3.32. The van der Waals surface area contributed by atoms with Gasteiger partial charge in [0.25, 0.3) is 0 Å². The first-order chi connectivity index (χ1) is 11.2. The highest BCUT2D eigenvalue weighted by Crippen LogP contribution is 2.36. The zero-order valence-electron chi connectivity index (χ0n) is 13.1. The first-order valence-corrected chi connectivity index (χ1v) is 8.49. The van der Waals surface area contributed by atoms with Crippen LogP contribution in [0.5, 0.6) is 0 Å². The number of amides is 1. The Balaban J connectivity index is 2.12. The van der Waals surface area contributed by atoms with E-state index in [2.05, 4.69) is 10.6 Å². The lowest BCUT2D eigenvalue weighted by molar-refractivity contribution is -0.120. The third-order valence-corrected chi connectivity index (χ3v) is 4.63. The van der Waals surface area contributed by atoms with Gasteiger partial charge in [-0.25, -0.2) is 4.39 Å². The van der Waals surface area contributed by atoms with Crippen LogP contribution in [0.4, 0.5) is 4.39 Å². The normalized spacial score (nSPS) is 11.9. The first-order valence-electron chi connectivity index (χ1n) is 7.61. The second-order valence-electron chi connectivity index (χ2n) is 5.09. The Labute approximate surface area is 140 Å². The van der Waals surface area contributed by atoms with Crippen LogP contribution in [0.1, 0.15) is 17.2 Å². The van der Waals surface area contributed by atoms with Crippen molar-refractivity contribution in [2.24, 2.45) is 0 Å². The van der Waals surface area contributed by atoms with Crippen molar-refractivity contribution in [2.45, 2.75) is 16.6 Å². The minimum absolute atomic E-state index is 0.0967. The van der Waals surface area contributed by atoms with Gasteiger partial charge < -0.3 is 10.6 Å². The summed E-state index contributed by atoms with van der Waals surface area (Å²) in [5.41, 5.74) is 0.867. The van der Waals surface area contributed by atoms with Crippen molar-refractivity contribution in [1.82, 2.24) is 10.6 Å². The van der Waals surface area contributed by atoms with E-state index in [1.807, 2.05) is 37.4 Å². The van der Waals surface area contributed by atoms with E-state index in [-0.39, 0.29) is 11.7 Å². The Morgan fingerprint density at radius 3 is 2.48 bits per heavy atom. The fourth-order valence-corrected chi connectivity index (χ4v) is 3.21. The number of halogens is 1. The number of hydrogen-bond acceptors (Lipinski definition) is 3. The van der Waals surface area contributed by atoms with Crippen LogP contribution >= 0.6 is 11.8 Å². The van der Waals surface area contributed by atoms with Crippen LogP contribution in [0.25, 0.3) is 0 Å². The molecule has 0 aliphatic rings. The smallest absolute Gasteiger partial charge is 0.237 e. The Bertz CT molecular complexity index is 621. The topological polar surface area (TPSA) is 41.1 Å². The number of nitrogens with one attached hydrogen (secondary N) is 2. The molecular weight excluding hydrogens is 311 g/mol. The lowest BCUT2D eigenvalue weighted by Gasteiger charge is -2.17. The summed E-state index contributed by atoms with van der Waals surface area (Å²) in [4.78, 5) is 13.0. The summed E-state index contributed by atoms with van der Waals surface area (Å²) in [6, 6.07) is 16.0. The number of rotatable bonds is 8. The summed E-state index contributed by atoms with van der Waals surface area (Å²) < 4.78 is 13.9. The number of benzene rings is 2. The second kappa shape index (κ2) is 9.33. The monoisotopic (exact) mass is 332 g/mol. The largest absolute Gasteiger partial charge is 0.355 e. The van der Waals surface area contributed by atoms with Crippen LogP contribution in [0.3, 0.4) is 0 Å². The number of carbonyl (C=O) groups excluding carboxylic acids is 1. The quantitative estimate of drug-likeness (QED) is 0.575. The van der Waals surface area contributed by atoms with E-state index < -0.39 is 5.25 Å². The molecule has 2 aromatic carbocycles. The molecule has 0 saturated heterocycles. The SMILES string of the molecule is CNCCCNC(=O)C(Sc1ccccc1F)c1ccccc1. The maximum absolute atomic E-state index is 13.9. The van der Waals surface area contributed by atoms with E-state index in [1.165, 1.54) is 17.8 Å². The van der Waals surface area contributed by atoms with Crippen LogP contribution in [0.15, 0.2) is 59.5 Å². The Morgan fingerprint density at radius 1 is 1.09 bits per heavy atom. The maximum Gasteiger partial charge on any atom is 0.237 e. The van der Waals surface area contributed by atoms with E-state index in [4.69, 9.17) is 0 Å². The molecule has 1 atom stereocenters. The fraction of sp³-hybridized carbons (Fsp3) is 0.278. The van der Waals surface area contributed by atoms with Crippen LogP contribution in [0, 0.1) is 5.82 Å². The van der Waals surface area contributed by atoms with E-state index in [0.717, 1.165) is 18.5 Å². The highest BCUT2D eigenvalue weighted by molar-refractivity contribution is 8.00. The van der Waals surface area contributed by atoms with Gasteiger partial charge in [0.05, 0.1) is 0 Å². The van der Waals surface area contributed by atoms with Crippen LogP contribution in [-0.4, -0.2) is 26.0 Å². The van der Waals surface area contributed by atoms with Gasteiger partial charge in [-0.3, -0.25) is 4.79 Å². The van der Waals surface area contributed by atoms with Gasteiger partial charge >= 0.3 is 0 Å². The van der Waals surface area contributed by atoms with Crippen LogP contribution in [-0.2, 0) is 4.79 Å². The minimum Gasteiger partial charge on any atom is -0.355 e. The van der Waals surface area contributed by atoms with E-state index in [9.17, 15) is 9.18 Å². The zero-order chi connectivity index (χ0) is 16.5. The number of thioether (sulfide) groups is 1. The van der Waals surface area contributed by atoms with E-state index >= 15 is 0 Å². The van der Waals surface area contributed by atoms with Gasteiger partial charge in [0.15, 0.2) is 0 Å². The van der Waals surface area contributed by atoms with Crippen molar-refractivity contribution in [3.8, 4) is 0 Å². The molecule has 1 amide bonds. The molecular formula is C18H21FN2OS. The van der Waals surface area contributed by atoms with Crippen LogP contribution < -0.4 is 10.6 Å². The van der Waals surface area contributed by atoms with Gasteiger partial charge in [0.1, 0.15) is 11.1 Å². The van der Waals surface area contributed by atoms with Crippen molar-refractivity contribution in [2.75, 3.05) is 20.1 Å². The molecule has 0 radical (unpaired) electrons. The standard InChI is InChI=1S/C18H21FN2OS/c1-20-12-7-13-21-18(22)17(14-8-3-2-4-9-14)23-16-11-6-5-10-15(16)19/h2-6,8-11,17,20H,7,12-13H2,1H3,(H,21,22). The van der Waals surface area contributed by atoms with E-state index in [0.29, 0.717) is 11.4 Å². The molecule has 0 spiro atoms. The Kier molecular flexibility index (Phi) is 7.10. The van der Waals surface area contributed by atoms with Crippen molar-refractivity contribution in [3.63, 3.8) is 0 Å². The summed E-state index contributed by atoms with van der Waals surface area (Å²) >= 11 is 1.24. The summed E-state index contributed by atoms with van der Waals surface area (Å²) in [7, 11) is 1.88. The molecule has 0 aliphatic heterocycles. The molecule has 2 aromatic rings. The summed E-state index contributed by atoms with van der Waals surface area (Å²) in [6.45, 7) is 1.44. The minimum atomic E-state index is -0.470. The van der Waals surface area contributed by atoms with Gasteiger partial charge in [-0.15, -0.1) is 11.8 Å². The molecule has 0 aromatic heterocycles. The van der Waals surface area contributed by atoms with Gasteiger partial charge in [0.2, 0.25) is 5.91 Å². The molecule has 122 valence electrons. The second-order valence-corrected chi connectivity index (χ2v) is 6.23. The lowest BCUT2D eigenvalue weighted by Crippen LogP contribution is -2.30. The van der Waals surface area contributed by atoms with Crippen LogP contribution in [0.2, 0.25) is 0 Å². The average molecular weight is 332 g/mol. The summed E-state index contributed by atoms with van der Waals surface area (Å²) in [5.74, 6) is -0.401. The predicted octanol–water partition coefficient (Wildman–Crippen LogP) is 3.38. The highest BCUT2D eigenvalue weighted by atomic mass is 32.2. The van der Waals surface area contributed by atoms with Crippen molar-refractivity contribution >= 4 is 17.7 Å². The molecule has 2 N–H and O–H groups in total. The highest BCUT2D eigenvalue weighted by Gasteiger charge is 2.22. The Morgan fingerprint density at radius 2 is 1.78 bits per heavy atom. The van der Waals surface area contributed by atoms with Crippen molar-refractivity contribution in [1.29, 1.82) is 0 Å². The molecule has 0 saturated carbocycles.